The highest BCUT2D eigenvalue weighted by molar-refractivity contribution is 5.97. The van der Waals surface area contributed by atoms with Crippen molar-refractivity contribution in [2.75, 3.05) is 5.32 Å². The van der Waals surface area contributed by atoms with Crippen LogP contribution >= 0.6 is 0 Å². The molecule has 1 N–H and O–H groups in total. The minimum absolute atomic E-state index is 0.0844. The van der Waals surface area contributed by atoms with Gasteiger partial charge in [0.1, 0.15) is 0 Å². The monoisotopic (exact) mass is 368 g/mol. The van der Waals surface area contributed by atoms with Crippen LogP contribution in [0, 0.1) is 27.6 Å². The van der Waals surface area contributed by atoms with E-state index >= 15 is 0 Å². The summed E-state index contributed by atoms with van der Waals surface area (Å²) in [5.41, 5.74) is -1.23. The Bertz CT molecular complexity index is 888. The van der Waals surface area contributed by atoms with E-state index in [9.17, 15) is 32.9 Å². The number of esters is 1. The van der Waals surface area contributed by atoms with Crippen LogP contribution in [0.25, 0.3) is 0 Å². The molecule has 2 aromatic rings. The molecule has 1 unspecified atom stereocenters. The summed E-state index contributed by atoms with van der Waals surface area (Å²) < 4.78 is 44.0. The molecule has 1 atom stereocenters. The van der Waals surface area contributed by atoms with Gasteiger partial charge in [0.15, 0.2) is 17.7 Å². The molecule has 10 heteroatoms. The van der Waals surface area contributed by atoms with Crippen LogP contribution in [-0.2, 0) is 9.53 Å². The summed E-state index contributed by atoms with van der Waals surface area (Å²) in [6.45, 7) is 1.20. The van der Waals surface area contributed by atoms with Crippen molar-refractivity contribution in [3.05, 3.63) is 69.5 Å². The number of rotatable bonds is 5. The third kappa shape index (κ3) is 4.35. The van der Waals surface area contributed by atoms with E-state index < -0.39 is 46.0 Å². The molecule has 0 aliphatic rings. The Kier molecular flexibility index (Phi) is 5.55. The molecule has 0 fully saturated rings. The second-order valence-corrected chi connectivity index (χ2v) is 5.09. The molecule has 0 aliphatic carbocycles. The number of amides is 1. The lowest BCUT2D eigenvalue weighted by atomic mass is 10.2. The van der Waals surface area contributed by atoms with Gasteiger partial charge in [0.05, 0.1) is 10.5 Å². The number of nitro benzene ring substituents is 1. The van der Waals surface area contributed by atoms with Crippen LogP contribution in [0.3, 0.4) is 0 Å². The molecule has 1 amide bonds. The van der Waals surface area contributed by atoms with Crippen LogP contribution in [0.5, 0.6) is 0 Å². The molecule has 2 aromatic carbocycles. The number of nitrogens with zero attached hydrogens (tertiary/aromatic N) is 1. The summed E-state index contributed by atoms with van der Waals surface area (Å²) in [4.78, 5) is 33.5. The molecule has 0 heterocycles. The second kappa shape index (κ2) is 7.64. The molecule has 0 aromatic heterocycles. The van der Waals surface area contributed by atoms with Crippen molar-refractivity contribution in [1.29, 1.82) is 0 Å². The van der Waals surface area contributed by atoms with Gasteiger partial charge >= 0.3 is 11.7 Å². The van der Waals surface area contributed by atoms with Gasteiger partial charge in [-0.1, -0.05) is 0 Å². The maximum atomic E-state index is 13.3. The van der Waals surface area contributed by atoms with Gasteiger partial charge in [-0.25, -0.2) is 13.6 Å². The zero-order chi connectivity index (χ0) is 19.4. The van der Waals surface area contributed by atoms with Gasteiger partial charge in [-0.3, -0.25) is 14.9 Å². The highest BCUT2D eigenvalue weighted by Gasteiger charge is 2.21. The van der Waals surface area contributed by atoms with Crippen molar-refractivity contribution in [3.8, 4) is 0 Å². The Morgan fingerprint density at radius 2 is 1.73 bits per heavy atom. The number of nitro groups is 1. The van der Waals surface area contributed by atoms with E-state index in [1.165, 1.54) is 6.92 Å². The first-order chi connectivity index (χ1) is 12.2. The first kappa shape index (κ1) is 18.9. The van der Waals surface area contributed by atoms with E-state index in [2.05, 4.69) is 5.32 Å². The van der Waals surface area contributed by atoms with Gasteiger partial charge in [0.25, 0.3) is 5.91 Å². The summed E-state index contributed by atoms with van der Waals surface area (Å²) in [7, 11) is 0. The number of nitrogens with one attached hydrogen (secondary N) is 1. The lowest BCUT2D eigenvalue weighted by Crippen LogP contribution is -2.30. The van der Waals surface area contributed by atoms with Crippen LogP contribution in [-0.4, -0.2) is 22.9 Å². The summed E-state index contributed by atoms with van der Waals surface area (Å²) in [5, 5.41) is 12.9. The number of anilines is 1. The Morgan fingerprint density at radius 1 is 1.08 bits per heavy atom. The molecular formula is C16H11F3N2O5. The average molecular weight is 368 g/mol. The fraction of sp³-hybridized carbons (Fsp3) is 0.125. The highest BCUT2D eigenvalue weighted by atomic mass is 19.2. The van der Waals surface area contributed by atoms with Crippen LogP contribution in [0.4, 0.5) is 24.5 Å². The summed E-state index contributed by atoms with van der Waals surface area (Å²) in [6.07, 6.45) is -1.36. The van der Waals surface area contributed by atoms with Crippen LogP contribution in [0.2, 0.25) is 0 Å². The lowest BCUT2D eigenvalue weighted by Gasteiger charge is -2.13. The predicted octanol–water partition coefficient (Wildman–Crippen LogP) is 3.20. The van der Waals surface area contributed by atoms with Crippen molar-refractivity contribution >= 4 is 23.3 Å². The zero-order valence-electron chi connectivity index (χ0n) is 13.2. The van der Waals surface area contributed by atoms with Gasteiger partial charge in [-0.05, 0) is 37.3 Å². The molecule has 0 aliphatic heterocycles. The Labute approximate surface area is 144 Å². The van der Waals surface area contributed by atoms with Gasteiger partial charge in [-0.15, -0.1) is 0 Å². The summed E-state index contributed by atoms with van der Waals surface area (Å²) in [6, 6.07) is 5.02. The average Bonchev–Trinajstić information content (AvgIpc) is 2.58. The molecule has 0 saturated heterocycles. The SMILES string of the molecule is CC(OC(=O)c1ccc(F)c(F)c1)C(=O)Nc1ccc(F)c([N+](=O)[O-])c1. The molecule has 26 heavy (non-hydrogen) atoms. The predicted molar refractivity (Wildman–Crippen MR) is 82.9 cm³/mol. The topological polar surface area (TPSA) is 98.5 Å². The number of halogens is 3. The summed E-state index contributed by atoms with van der Waals surface area (Å²) >= 11 is 0. The third-order valence-electron chi connectivity index (χ3n) is 3.22. The number of carbonyl (C=O) groups is 2. The van der Waals surface area contributed by atoms with Gasteiger partial charge < -0.3 is 10.1 Å². The fourth-order valence-corrected chi connectivity index (χ4v) is 1.88. The maximum absolute atomic E-state index is 13.3. The molecular weight excluding hydrogens is 357 g/mol. The van der Waals surface area contributed by atoms with E-state index in [0.29, 0.717) is 6.07 Å². The van der Waals surface area contributed by atoms with Crippen LogP contribution in [0.15, 0.2) is 36.4 Å². The largest absolute Gasteiger partial charge is 0.449 e. The van der Waals surface area contributed by atoms with E-state index in [0.717, 1.165) is 30.3 Å². The first-order valence-electron chi connectivity index (χ1n) is 7.10. The molecule has 0 saturated carbocycles. The van der Waals surface area contributed by atoms with Gasteiger partial charge in [0, 0.05) is 11.8 Å². The third-order valence-corrected chi connectivity index (χ3v) is 3.22. The number of ether oxygens (including phenoxy) is 1. The van der Waals surface area contributed by atoms with Gasteiger partial charge in [-0.2, -0.15) is 4.39 Å². The van der Waals surface area contributed by atoms with Crippen LogP contribution < -0.4 is 5.32 Å². The molecule has 0 spiro atoms. The van der Waals surface area contributed by atoms with Crippen molar-refractivity contribution in [1.82, 2.24) is 0 Å². The van der Waals surface area contributed by atoms with Crippen molar-refractivity contribution in [3.63, 3.8) is 0 Å². The fourth-order valence-electron chi connectivity index (χ4n) is 1.88. The molecule has 0 bridgehead atoms. The number of carbonyl (C=O) groups excluding carboxylic acids is 2. The van der Waals surface area contributed by atoms with Crippen molar-refractivity contribution in [2.24, 2.45) is 0 Å². The second-order valence-electron chi connectivity index (χ2n) is 5.09. The van der Waals surface area contributed by atoms with Crippen molar-refractivity contribution < 1.29 is 32.4 Å². The van der Waals surface area contributed by atoms with Gasteiger partial charge in [0.2, 0.25) is 5.82 Å². The Balaban J connectivity index is 2.05. The molecule has 136 valence electrons. The first-order valence-corrected chi connectivity index (χ1v) is 7.10. The van der Waals surface area contributed by atoms with E-state index in [4.69, 9.17) is 4.74 Å². The van der Waals surface area contributed by atoms with E-state index in [-0.39, 0.29) is 11.3 Å². The maximum Gasteiger partial charge on any atom is 0.339 e. The molecule has 2 rings (SSSR count). The minimum atomic E-state index is -1.36. The van der Waals surface area contributed by atoms with E-state index in [1.54, 1.807) is 0 Å². The number of benzene rings is 2. The van der Waals surface area contributed by atoms with Crippen LogP contribution in [0.1, 0.15) is 17.3 Å². The lowest BCUT2D eigenvalue weighted by molar-refractivity contribution is -0.387. The van der Waals surface area contributed by atoms with Crippen molar-refractivity contribution in [2.45, 2.75) is 13.0 Å². The highest BCUT2D eigenvalue weighted by Crippen LogP contribution is 2.22. The smallest absolute Gasteiger partial charge is 0.339 e. The van der Waals surface area contributed by atoms with E-state index in [1.807, 2.05) is 0 Å². The zero-order valence-corrected chi connectivity index (χ0v) is 13.2. The Hall–Kier alpha value is -3.43. The quantitative estimate of drug-likeness (QED) is 0.496. The number of hydrogen-bond donors (Lipinski definition) is 1. The number of hydrogen-bond acceptors (Lipinski definition) is 5. The minimum Gasteiger partial charge on any atom is -0.449 e. The molecule has 7 nitrogen and oxygen atoms in total. The standard InChI is InChI=1S/C16H11F3N2O5/c1-8(26-16(23)9-2-4-11(17)13(19)6-9)15(22)20-10-3-5-12(18)14(7-10)21(24)25/h2-8H,1H3,(H,20,22). The molecule has 0 radical (unpaired) electrons. The normalized spacial score (nSPS) is 11.5. The Morgan fingerprint density at radius 3 is 2.35 bits per heavy atom. The summed E-state index contributed by atoms with van der Waals surface area (Å²) in [5.74, 6) is -5.41.